The Balaban J connectivity index is 1.89. The van der Waals surface area contributed by atoms with Crippen molar-refractivity contribution in [2.45, 2.75) is 32.6 Å². The fraction of sp³-hybridized carbons (Fsp3) is 0.500. The predicted molar refractivity (Wildman–Crippen MR) is 94.8 cm³/mol. The summed E-state index contributed by atoms with van der Waals surface area (Å²) in [6.07, 6.45) is 3.19. The average Bonchev–Trinajstić information content (AvgIpc) is 2.84. The van der Waals surface area contributed by atoms with Crippen LogP contribution < -0.4 is 20.3 Å². The van der Waals surface area contributed by atoms with Gasteiger partial charge < -0.3 is 14.4 Å². The van der Waals surface area contributed by atoms with Gasteiger partial charge in [0.15, 0.2) is 11.5 Å². The molecular weight excluding hydrogens is 338 g/mol. The molecule has 1 aliphatic rings. The molecule has 1 aromatic carbocycles. The highest BCUT2D eigenvalue weighted by molar-refractivity contribution is 5.96. The lowest BCUT2D eigenvalue weighted by atomic mass is 10.2. The Bertz CT molecular complexity index is 662. The van der Waals surface area contributed by atoms with E-state index in [1.807, 2.05) is 6.92 Å². The van der Waals surface area contributed by atoms with Gasteiger partial charge >= 0.3 is 0 Å². The summed E-state index contributed by atoms with van der Waals surface area (Å²) >= 11 is 0. The fourth-order valence-corrected chi connectivity index (χ4v) is 2.70. The number of hydrazine groups is 1. The largest absolute Gasteiger partial charge is 0.493 e. The van der Waals surface area contributed by atoms with Gasteiger partial charge in [-0.05, 0) is 38.0 Å². The molecule has 0 radical (unpaired) electrons. The van der Waals surface area contributed by atoms with Gasteiger partial charge in [-0.1, -0.05) is 6.42 Å². The van der Waals surface area contributed by atoms with E-state index in [1.165, 1.54) is 18.1 Å². The first kappa shape index (κ1) is 19.6. The Morgan fingerprint density at radius 1 is 1.15 bits per heavy atom. The monoisotopic (exact) mass is 363 g/mol. The highest BCUT2D eigenvalue weighted by Crippen LogP contribution is 2.27. The smallest absolute Gasteiger partial charge is 0.269 e. The highest BCUT2D eigenvalue weighted by Gasteiger charge is 2.19. The average molecular weight is 363 g/mol. The van der Waals surface area contributed by atoms with Crippen molar-refractivity contribution in [1.29, 1.82) is 0 Å². The molecule has 1 fully saturated rings. The first-order valence-corrected chi connectivity index (χ1v) is 8.73. The number of benzene rings is 1. The molecule has 0 saturated carbocycles. The summed E-state index contributed by atoms with van der Waals surface area (Å²) in [7, 11) is 1.49. The predicted octanol–water partition coefficient (Wildman–Crippen LogP) is 1.26. The van der Waals surface area contributed by atoms with Gasteiger partial charge in [-0.15, -0.1) is 0 Å². The molecule has 1 saturated heterocycles. The number of hydrogen-bond donors (Lipinski definition) is 2. The van der Waals surface area contributed by atoms with Crippen molar-refractivity contribution in [3.05, 3.63) is 23.8 Å². The van der Waals surface area contributed by atoms with Crippen LogP contribution in [-0.2, 0) is 9.59 Å². The number of nitrogens with zero attached hydrogens (tertiary/aromatic N) is 1. The Labute approximate surface area is 152 Å². The van der Waals surface area contributed by atoms with Crippen LogP contribution in [0.3, 0.4) is 0 Å². The van der Waals surface area contributed by atoms with E-state index < -0.39 is 11.8 Å². The molecule has 8 heteroatoms. The second kappa shape index (κ2) is 9.65. The summed E-state index contributed by atoms with van der Waals surface area (Å²) in [4.78, 5) is 37.6. The highest BCUT2D eigenvalue weighted by atomic mass is 16.5. The Morgan fingerprint density at radius 3 is 2.69 bits per heavy atom. The Hall–Kier alpha value is -2.77. The van der Waals surface area contributed by atoms with Crippen LogP contribution in [0.15, 0.2) is 18.2 Å². The van der Waals surface area contributed by atoms with Crippen LogP contribution in [0.4, 0.5) is 0 Å². The summed E-state index contributed by atoms with van der Waals surface area (Å²) in [5, 5.41) is 0. The summed E-state index contributed by atoms with van der Waals surface area (Å²) in [6.45, 7) is 2.83. The fourth-order valence-electron chi connectivity index (χ4n) is 2.70. The standard InChI is InChI=1S/C18H25N3O5/c1-3-26-14-9-8-13(11-15(14)25-2)18(24)20-19-16(22)12-21-10-6-4-5-7-17(21)23/h8-9,11H,3-7,10,12H2,1-2H3,(H,19,22)(H,20,24). The third-order valence-electron chi connectivity index (χ3n) is 4.05. The van der Waals surface area contributed by atoms with E-state index in [0.717, 1.165) is 19.3 Å². The molecule has 2 rings (SSSR count). The third kappa shape index (κ3) is 5.37. The number of rotatable bonds is 6. The van der Waals surface area contributed by atoms with E-state index in [-0.39, 0.29) is 12.5 Å². The number of hydrogen-bond acceptors (Lipinski definition) is 5. The van der Waals surface area contributed by atoms with Gasteiger partial charge in [0.2, 0.25) is 5.91 Å². The zero-order valence-corrected chi connectivity index (χ0v) is 15.2. The molecule has 0 spiro atoms. The summed E-state index contributed by atoms with van der Waals surface area (Å²) in [5.41, 5.74) is 5.01. The van der Waals surface area contributed by atoms with Crippen LogP contribution in [-0.4, -0.2) is 49.4 Å². The van der Waals surface area contributed by atoms with Crippen LogP contribution >= 0.6 is 0 Å². The van der Waals surface area contributed by atoms with Crippen LogP contribution in [0, 0.1) is 0 Å². The molecule has 1 aliphatic heterocycles. The quantitative estimate of drug-likeness (QED) is 0.742. The lowest BCUT2D eigenvalue weighted by Gasteiger charge is -2.19. The maximum atomic E-state index is 12.2. The van der Waals surface area contributed by atoms with Crippen molar-refractivity contribution >= 4 is 17.7 Å². The SMILES string of the molecule is CCOc1ccc(C(=O)NNC(=O)CN2CCCCCC2=O)cc1OC. The van der Waals surface area contributed by atoms with Crippen molar-refractivity contribution < 1.29 is 23.9 Å². The van der Waals surface area contributed by atoms with Crippen molar-refractivity contribution in [3.63, 3.8) is 0 Å². The molecule has 1 aromatic rings. The molecular formula is C18H25N3O5. The Kier molecular flexibility index (Phi) is 7.25. The van der Waals surface area contributed by atoms with Crippen LogP contribution in [0.1, 0.15) is 43.0 Å². The summed E-state index contributed by atoms with van der Waals surface area (Å²) < 4.78 is 10.6. The van der Waals surface area contributed by atoms with Gasteiger partial charge in [0.1, 0.15) is 6.54 Å². The van der Waals surface area contributed by atoms with Crippen LogP contribution in [0.5, 0.6) is 11.5 Å². The van der Waals surface area contributed by atoms with Crippen molar-refractivity contribution in [1.82, 2.24) is 15.8 Å². The number of ether oxygens (including phenoxy) is 2. The number of amides is 3. The molecule has 0 unspecified atom stereocenters. The van der Waals surface area contributed by atoms with Gasteiger partial charge in [0.25, 0.3) is 11.8 Å². The van der Waals surface area contributed by atoms with E-state index in [0.29, 0.717) is 36.6 Å². The summed E-state index contributed by atoms with van der Waals surface area (Å²) in [5.74, 6) is 0.0184. The van der Waals surface area contributed by atoms with Gasteiger partial charge in [-0.3, -0.25) is 25.2 Å². The minimum atomic E-state index is -0.484. The topological polar surface area (TPSA) is 97.0 Å². The van der Waals surface area contributed by atoms with Crippen LogP contribution in [0.2, 0.25) is 0 Å². The minimum absolute atomic E-state index is 0.0276. The minimum Gasteiger partial charge on any atom is -0.493 e. The van der Waals surface area contributed by atoms with Gasteiger partial charge in [0.05, 0.1) is 13.7 Å². The molecule has 0 atom stereocenters. The molecule has 0 aliphatic carbocycles. The summed E-state index contributed by atoms with van der Waals surface area (Å²) in [6, 6.07) is 4.74. The zero-order valence-electron chi connectivity index (χ0n) is 15.2. The molecule has 2 N–H and O–H groups in total. The molecule has 1 heterocycles. The molecule has 26 heavy (non-hydrogen) atoms. The van der Waals surface area contributed by atoms with Gasteiger partial charge in [-0.2, -0.15) is 0 Å². The Morgan fingerprint density at radius 2 is 1.96 bits per heavy atom. The second-order valence-electron chi connectivity index (χ2n) is 5.93. The van der Waals surface area contributed by atoms with E-state index in [4.69, 9.17) is 9.47 Å². The molecule has 8 nitrogen and oxygen atoms in total. The van der Waals surface area contributed by atoms with E-state index in [2.05, 4.69) is 10.9 Å². The van der Waals surface area contributed by atoms with Crippen LogP contribution in [0.25, 0.3) is 0 Å². The number of likely N-dealkylation sites (tertiary alicyclic amines) is 1. The number of methoxy groups -OCH3 is 1. The van der Waals surface area contributed by atoms with Crippen molar-refractivity contribution in [3.8, 4) is 11.5 Å². The lowest BCUT2D eigenvalue weighted by molar-refractivity contribution is -0.135. The first-order valence-electron chi connectivity index (χ1n) is 8.73. The number of nitrogens with one attached hydrogen (secondary N) is 2. The van der Waals surface area contributed by atoms with Gasteiger partial charge in [-0.25, -0.2) is 0 Å². The maximum Gasteiger partial charge on any atom is 0.269 e. The number of carbonyl (C=O) groups excluding carboxylic acids is 3. The maximum absolute atomic E-state index is 12.2. The zero-order chi connectivity index (χ0) is 18.9. The second-order valence-corrected chi connectivity index (χ2v) is 5.93. The lowest BCUT2D eigenvalue weighted by Crippen LogP contribution is -2.47. The van der Waals surface area contributed by atoms with E-state index in [9.17, 15) is 14.4 Å². The molecule has 0 bridgehead atoms. The normalized spacial score (nSPS) is 14.4. The molecule has 142 valence electrons. The van der Waals surface area contributed by atoms with E-state index >= 15 is 0 Å². The molecule has 0 aromatic heterocycles. The molecule has 3 amide bonds. The van der Waals surface area contributed by atoms with Gasteiger partial charge in [0, 0.05) is 18.5 Å². The van der Waals surface area contributed by atoms with Crippen molar-refractivity contribution in [2.24, 2.45) is 0 Å². The van der Waals surface area contributed by atoms with Crippen molar-refractivity contribution in [2.75, 3.05) is 26.8 Å². The number of carbonyl (C=O) groups is 3. The third-order valence-corrected chi connectivity index (χ3v) is 4.05. The van der Waals surface area contributed by atoms with E-state index in [1.54, 1.807) is 12.1 Å². The first-order chi connectivity index (χ1) is 12.5.